The van der Waals surface area contributed by atoms with Gasteiger partial charge in [0.05, 0.1) is 61.5 Å². The Morgan fingerprint density at radius 1 is 0.460 bits per heavy atom. The normalized spacial score (nSPS) is 14.1. The topological polar surface area (TPSA) is 97.0 Å². The maximum atomic E-state index is 12.5. The van der Waals surface area contributed by atoms with E-state index in [9.17, 15) is 35.6 Å². The van der Waals surface area contributed by atoms with Crippen LogP contribution >= 0.6 is 47.0 Å². The number of ether oxygens (including phenoxy) is 1. The average Bonchev–Trinajstić information content (AvgIpc) is 1.58. The predicted octanol–water partition coefficient (Wildman–Crippen LogP) is 16.9. The zero-order chi connectivity index (χ0) is 70.7. The van der Waals surface area contributed by atoms with Crippen LogP contribution in [0.1, 0.15) is 50.1 Å². The summed E-state index contributed by atoms with van der Waals surface area (Å²) in [6.45, 7) is 21.1. The number of alkyl halides is 6. The smallest absolute Gasteiger partial charge is 0.489 e. The molecule has 5 aliphatic heterocycles. The van der Waals surface area contributed by atoms with E-state index in [-0.39, 0.29) is 27.7 Å². The molecule has 9 nitrogen and oxygen atoms in total. The van der Waals surface area contributed by atoms with Crippen molar-refractivity contribution in [3.8, 4) is 5.75 Å². The summed E-state index contributed by atoms with van der Waals surface area (Å²) in [7, 11) is -2.28. The van der Waals surface area contributed by atoms with Crippen LogP contribution in [0.25, 0.3) is 4.85 Å². The molecule has 100 heavy (non-hydrogen) atoms. The molecule has 0 saturated heterocycles. The highest BCUT2D eigenvalue weighted by atomic mass is 32.2. The average molecular weight is 1440 g/mol. The van der Waals surface area contributed by atoms with Crippen molar-refractivity contribution in [2.45, 2.75) is 130 Å². The van der Waals surface area contributed by atoms with Gasteiger partial charge in [-0.05, 0) is 213 Å². The van der Waals surface area contributed by atoms with Crippen LogP contribution in [0.4, 0.5) is 32.0 Å². The molecule has 1 N–H and O–H groups in total. The zero-order valence-corrected chi connectivity index (χ0v) is 59.5. The van der Waals surface area contributed by atoms with Crippen molar-refractivity contribution < 1.29 is 63.6 Å². The Balaban J connectivity index is 0.000000126. The van der Waals surface area contributed by atoms with Gasteiger partial charge in [-0.25, -0.2) is 9.05 Å². The van der Waals surface area contributed by atoms with Crippen LogP contribution in [0.15, 0.2) is 256 Å². The van der Waals surface area contributed by atoms with Crippen LogP contribution in [0.2, 0.25) is 27.3 Å². The van der Waals surface area contributed by atoms with E-state index in [1.807, 2.05) is 86.1 Å². The molecule has 10 aromatic carbocycles. The Morgan fingerprint density at radius 2 is 0.870 bits per heavy atom. The van der Waals surface area contributed by atoms with Gasteiger partial charge in [0.2, 0.25) is 0 Å². The second-order valence-corrected chi connectivity index (χ2v) is 29.8. The Morgan fingerprint density at radius 3 is 1.38 bits per heavy atom. The number of nitrogens with zero attached hydrogens (tertiary/aromatic N) is 1. The Bertz CT molecular complexity index is 4560. The van der Waals surface area contributed by atoms with E-state index in [0.717, 1.165) is 84.4 Å². The van der Waals surface area contributed by atoms with Crippen LogP contribution in [0, 0.1) is 13.5 Å². The summed E-state index contributed by atoms with van der Waals surface area (Å²) in [5.41, 5.74) is 13.0. The molecule has 25 heteroatoms. The summed E-state index contributed by atoms with van der Waals surface area (Å²) in [4.78, 5) is 12.3. The van der Waals surface area contributed by atoms with Gasteiger partial charge in [-0.1, -0.05) is 141 Å². The highest BCUT2D eigenvalue weighted by Crippen LogP contribution is 2.36. The molecular weight excluding hydrogens is 1370 g/mol. The van der Waals surface area contributed by atoms with Crippen LogP contribution in [0.3, 0.4) is 0 Å². The quantitative estimate of drug-likeness (QED) is 0.0546. The molecule has 0 aromatic heterocycles. The van der Waals surface area contributed by atoms with E-state index >= 15 is 0 Å². The van der Waals surface area contributed by atoms with Crippen molar-refractivity contribution >= 4 is 126 Å². The van der Waals surface area contributed by atoms with Gasteiger partial charge in [-0.2, -0.15) is 26.3 Å². The molecule has 0 fully saturated rings. The number of benzene rings is 10. The third-order valence-electron chi connectivity index (χ3n) is 17.0. The van der Waals surface area contributed by atoms with E-state index in [1.165, 1.54) is 88.8 Å². The second kappa shape index (κ2) is 33.7. The lowest BCUT2D eigenvalue weighted by atomic mass is 9.64. The number of hydrogen-bond donors (Lipinski definition) is 1. The summed E-state index contributed by atoms with van der Waals surface area (Å²) in [5.74, 6) is 0.842. The summed E-state index contributed by atoms with van der Waals surface area (Å²) in [6, 6.07) is 64.6. The summed E-state index contributed by atoms with van der Waals surface area (Å²) in [5, 5.41) is 9.68. The molecule has 1 atom stereocenters. The monoisotopic (exact) mass is 1440 g/mol. The fraction of sp³-hybridized carbons (Fsp3) is 0.187. The minimum Gasteiger partial charge on any atom is -0.489 e. The minimum atomic E-state index is -4.39. The molecule has 5 aliphatic rings. The van der Waals surface area contributed by atoms with Crippen LogP contribution < -0.4 is 32.1 Å². The molecule has 0 bridgehead atoms. The standard InChI is InChI=1S/C16H14BNO2.C15H12BF3O2S.C15H12BF3OS.C15H15BOS2.C14H13BO2S/c1-17-16-7-6-15(9-13(16)11-20-17)19-10-12-4-3-5-14(8-12)18-2;1-16-14-8-13(5-2-10(14)9-21-16)22(20)12-6-3-11(4-7-12)15(17,18)19;1-16-14-8-13(5-2-10(14)9-20-16)21-12-6-3-11(4-7-12)15(17,18)19;1-16-15-9-14(4-3-11(15)10-17-16)19-13-7-5-12(18-2)6-8-13;1-10-2-5-12(6-3-10)18-13-7-4-11-9-17-15(16)14(11)8-13/h3-9H,10-11H2,1H3;2-8H,9H2,1H3;2-8H,9H2,1H3;3-9H,10H2,1-2H3;2-8,16H,9H2,1H3. The van der Waals surface area contributed by atoms with Crippen LogP contribution in [-0.2, 0) is 86.1 Å². The maximum absolute atomic E-state index is 12.5. The summed E-state index contributed by atoms with van der Waals surface area (Å²) >= 11 is 6.73. The lowest BCUT2D eigenvalue weighted by molar-refractivity contribution is -0.138. The number of rotatable bonds is 12. The Hall–Kier alpha value is -7.30. The number of hydrogen-bond acceptors (Lipinski definition) is 12. The molecule has 10 aromatic rings. The molecule has 5 heterocycles. The largest absolute Gasteiger partial charge is 0.491 e. The van der Waals surface area contributed by atoms with E-state index in [1.54, 1.807) is 41.7 Å². The molecular formula is C75H66B5F6NO8S5. The first kappa shape index (κ1) is 73.9. The van der Waals surface area contributed by atoms with Gasteiger partial charge in [-0.15, -0.1) is 11.8 Å². The molecule has 0 radical (unpaired) electrons. The lowest BCUT2D eigenvalue weighted by Crippen LogP contribution is -2.27. The highest BCUT2D eigenvalue weighted by Gasteiger charge is 2.33. The van der Waals surface area contributed by atoms with E-state index in [4.69, 9.17) is 34.6 Å². The van der Waals surface area contributed by atoms with Crippen molar-refractivity contribution in [1.29, 1.82) is 0 Å². The third-order valence-corrected chi connectivity index (χ3v) is 22.1. The molecule has 0 saturated carbocycles. The number of aryl methyl sites for hydroxylation is 1. The van der Waals surface area contributed by atoms with Crippen molar-refractivity contribution in [1.82, 2.24) is 0 Å². The van der Waals surface area contributed by atoms with Gasteiger partial charge >= 0.3 is 47.1 Å². The first-order valence-electron chi connectivity index (χ1n) is 32.0. The van der Waals surface area contributed by atoms with Gasteiger partial charge in [0, 0.05) is 44.1 Å². The van der Waals surface area contributed by atoms with Gasteiger partial charge in [0.15, 0.2) is 5.69 Å². The number of thioether (sulfide) groups is 1. The first-order chi connectivity index (χ1) is 48.0. The Kier molecular flexibility index (Phi) is 24.9. The highest BCUT2D eigenvalue weighted by molar-refractivity contribution is 8.00. The minimum absolute atomic E-state index is 0.0560. The SMILES string of the molecule is CB1OCc2ccc(S(=O)c3ccc(C(F)(F)F)cc3)cc21.CB1OCc2ccc(Sc3ccc(C(F)(F)F)cc3)cc21.CSc1ccc(Sc2ccc3c(c2)B(C)OC3)cc1.Cc1ccc(Sc2ccc3c(c2)B(O)OC3)cc1.[C-]#[N+]c1cccc(COc2ccc3c(c2)COB3C)c1. The number of halogens is 6. The van der Waals surface area contributed by atoms with Crippen molar-refractivity contribution in [3.05, 3.63) is 274 Å². The molecule has 0 amide bonds. The fourth-order valence-corrected chi connectivity index (χ4v) is 15.4. The van der Waals surface area contributed by atoms with E-state index in [0.29, 0.717) is 48.5 Å². The third kappa shape index (κ3) is 19.5. The van der Waals surface area contributed by atoms with Gasteiger partial charge in [-0.3, -0.25) is 0 Å². The fourth-order valence-electron chi connectivity index (χ4n) is 11.3. The molecule has 0 aliphatic carbocycles. The van der Waals surface area contributed by atoms with Gasteiger partial charge < -0.3 is 33.0 Å². The molecule has 1 unspecified atom stereocenters. The summed E-state index contributed by atoms with van der Waals surface area (Å²) in [6.07, 6.45) is -6.58. The van der Waals surface area contributed by atoms with Crippen molar-refractivity contribution in [2.75, 3.05) is 6.26 Å². The predicted molar refractivity (Wildman–Crippen MR) is 395 cm³/mol. The second-order valence-electron chi connectivity index (χ2n) is 24.0. The first-order valence-corrected chi connectivity index (χ1v) is 36.9. The van der Waals surface area contributed by atoms with Crippen LogP contribution in [-0.4, -0.2) is 50.3 Å². The zero-order valence-electron chi connectivity index (χ0n) is 55.4. The molecule has 506 valence electrons. The Labute approximate surface area is 601 Å². The van der Waals surface area contributed by atoms with Gasteiger partial charge in [0.1, 0.15) is 12.4 Å². The van der Waals surface area contributed by atoms with E-state index in [2.05, 4.69) is 117 Å². The molecule has 0 spiro atoms. The van der Waals surface area contributed by atoms with Crippen molar-refractivity contribution in [2.24, 2.45) is 0 Å². The summed E-state index contributed by atoms with van der Waals surface area (Å²) < 4.78 is 121. The molecule has 15 rings (SSSR count). The van der Waals surface area contributed by atoms with Gasteiger partial charge in [0.25, 0.3) is 0 Å². The lowest BCUT2D eigenvalue weighted by Gasteiger charge is -2.08. The maximum Gasteiger partial charge on any atom is 0.491 e. The van der Waals surface area contributed by atoms with Crippen LogP contribution in [0.5, 0.6) is 5.75 Å². The van der Waals surface area contributed by atoms with E-state index < -0.39 is 41.4 Å². The van der Waals surface area contributed by atoms with Crippen molar-refractivity contribution in [3.63, 3.8) is 0 Å². The number of fused-ring (bicyclic) bond motifs is 5.